The lowest BCUT2D eigenvalue weighted by Gasteiger charge is -2.14. The number of nitrogens with one attached hydrogen (secondary N) is 2. The molecule has 10 heteroatoms. The second-order valence-corrected chi connectivity index (χ2v) is 7.33. The molecule has 0 bridgehead atoms. The fraction of sp³-hybridized carbons (Fsp3) is 0.182. The van der Waals surface area contributed by atoms with Crippen molar-refractivity contribution >= 4 is 28.4 Å². The Labute approximate surface area is 182 Å². The first kappa shape index (κ1) is 19.7. The van der Waals surface area contributed by atoms with Crippen molar-refractivity contribution in [2.75, 3.05) is 24.3 Å². The quantitative estimate of drug-likeness (QED) is 0.428. The molecule has 0 fully saturated rings. The molecule has 32 heavy (non-hydrogen) atoms. The molecule has 162 valence electrons. The van der Waals surface area contributed by atoms with Crippen LogP contribution in [0.5, 0.6) is 6.01 Å². The van der Waals surface area contributed by atoms with Crippen LogP contribution in [-0.2, 0) is 13.0 Å². The van der Waals surface area contributed by atoms with Crippen molar-refractivity contribution in [3.63, 3.8) is 0 Å². The Hall–Kier alpha value is -4.21. The van der Waals surface area contributed by atoms with Crippen LogP contribution < -0.4 is 21.1 Å². The van der Waals surface area contributed by atoms with E-state index in [0.717, 1.165) is 29.6 Å². The highest BCUT2D eigenvalue weighted by Gasteiger charge is 2.25. The van der Waals surface area contributed by atoms with E-state index in [2.05, 4.69) is 25.6 Å². The summed E-state index contributed by atoms with van der Waals surface area (Å²) in [6, 6.07) is 12.4. The number of methoxy groups -OCH3 is 1. The summed E-state index contributed by atoms with van der Waals surface area (Å²) in [5.41, 5.74) is 8.65. The molecule has 4 N–H and O–H groups in total. The van der Waals surface area contributed by atoms with Crippen LogP contribution in [0.3, 0.4) is 0 Å². The van der Waals surface area contributed by atoms with Gasteiger partial charge in [-0.25, -0.2) is 13.9 Å². The zero-order valence-electron chi connectivity index (χ0n) is 17.2. The van der Waals surface area contributed by atoms with Gasteiger partial charge in [0.05, 0.1) is 29.6 Å². The molecular weight excluding hydrogens is 413 g/mol. The molecule has 1 amide bonds. The van der Waals surface area contributed by atoms with Gasteiger partial charge in [0, 0.05) is 25.6 Å². The number of halogens is 1. The predicted molar refractivity (Wildman–Crippen MR) is 118 cm³/mol. The highest BCUT2D eigenvalue weighted by Crippen LogP contribution is 2.33. The molecule has 0 aliphatic carbocycles. The minimum atomic E-state index is -0.786. The van der Waals surface area contributed by atoms with E-state index in [1.165, 1.54) is 17.7 Å². The van der Waals surface area contributed by atoms with Gasteiger partial charge >= 0.3 is 6.01 Å². The highest BCUT2D eigenvalue weighted by atomic mass is 19.1. The molecule has 0 saturated carbocycles. The first-order valence-electron chi connectivity index (χ1n) is 10.0. The number of hydrogen-bond acceptors (Lipinski definition) is 7. The number of carbonyl (C=O) groups is 1. The molecule has 0 atom stereocenters. The summed E-state index contributed by atoms with van der Waals surface area (Å²) in [6.45, 7) is 1.30. The van der Waals surface area contributed by atoms with Crippen LogP contribution in [0.15, 0.2) is 42.5 Å². The van der Waals surface area contributed by atoms with E-state index in [9.17, 15) is 9.18 Å². The number of nitrogens with two attached hydrogens (primary N) is 1. The average molecular weight is 433 g/mol. The second kappa shape index (κ2) is 7.80. The molecule has 0 spiro atoms. The van der Waals surface area contributed by atoms with Crippen molar-refractivity contribution in [1.29, 1.82) is 0 Å². The summed E-state index contributed by atoms with van der Waals surface area (Å²) in [5, 5.41) is 6.67. The van der Waals surface area contributed by atoms with Crippen LogP contribution >= 0.6 is 0 Å². The fourth-order valence-electron chi connectivity index (χ4n) is 3.82. The van der Waals surface area contributed by atoms with Gasteiger partial charge < -0.3 is 21.1 Å². The maximum Gasteiger partial charge on any atom is 0.304 e. The van der Waals surface area contributed by atoms with E-state index in [1.807, 2.05) is 30.3 Å². The van der Waals surface area contributed by atoms with Crippen LogP contribution in [0.25, 0.3) is 17.0 Å². The third kappa shape index (κ3) is 3.35. The van der Waals surface area contributed by atoms with E-state index in [1.54, 1.807) is 0 Å². The van der Waals surface area contributed by atoms with E-state index >= 15 is 0 Å². The summed E-state index contributed by atoms with van der Waals surface area (Å²) in [7, 11) is 1.43. The third-order valence-corrected chi connectivity index (χ3v) is 5.28. The van der Waals surface area contributed by atoms with Gasteiger partial charge in [-0.05, 0) is 11.6 Å². The number of hydrogen-bond donors (Lipinski definition) is 3. The molecule has 1 aliphatic heterocycles. The summed E-state index contributed by atoms with van der Waals surface area (Å²) in [4.78, 5) is 25.5. The Morgan fingerprint density at radius 2 is 2.06 bits per heavy atom. The van der Waals surface area contributed by atoms with Gasteiger partial charge in [-0.1, -0.05) is 30.3 Å². The first-order valence-corrected chi connectivity index (χ1v) is 10.0. The van der Waals surface area contributed by atoms with Gasteiger partial charge in [0.15, 0.2) is 5.82 Å². The van der Waals surface area contributed by atoms with Crippen molar-refractivity contribution < 1.29 is 13.9 Å². The van der Waals surface area contributed by atoms with Gasteiger partial charge in [0.2, 0.25) is 5.95 Å². The molecule has 2 aromatic carbocycles. The number of aromatic nitrogens is 4. The molecule has 3 heterocycles. The van der Waals surface area contributed by atoms with Crippen molar-refractivity contribution in [1.82, 2.24) is 19.5 Å². The molecule has 5 rings (SSSR count). The van der Waals surface area contributed by atoms with Crippen LogP contribution in [0.1, 0.15) is 21.6 Å². The van der Waals surface area contributed by atoms with Crippen LogP contribution in [0.4, 0.5) is 15.9 Å². The number of carbonyl (C=O) groups excluding carboxylic acids is 1. The van der Waals surface area contributed by atoms with Gasteiger partial charge in [-0.3, -0.25) is 4.79 Å². The molecule has 0 saturated heterocycles. The number of nitrogens with zero attached hydrogens (tertiary/aromatic N) is 4. The maximum atomic E-state index is 14.3. The highest BCUT2D eigenvalue weighted by molar-refractivity contribution is 6.04. The average Bonchev–Trinajstić information content (AvgIpc) is 3.41. The largest absolute Gasteiger partial charge is 0.468 e. The normalized spacial score (nSPS) is 12.4. The summed E-state index contributed by atoms with van der Waals surface area (Å²) >= 11 is 0. The first-order chi connectivity index (χ1) is 15.5. The number of primary amides is 1. The molecule has 2 aromatic heterocycles. The number of imidazole rings is 1. The maximum absolute atomic E-state index is 14.3. The van der Waals surface area contributed by atoms with Gasteiger partial charge in [-0.15, -0.1) is 0 Å². The summed E-state index contributed by atoms with van der Waals surface area (Å²) in [5.74, 6) is -0.545. The minimum Gasteiger partial charge on any atom is -0.468 e. The Balaban J connectivity index is 1.66. The number of benzene rings is 2. The van der Waals surface area contributed by atoms with Gasteiger partial charge in [0.1, 0.15) is 11.3 Å². The molecule has 0 radical (unpaired) electrons. The predicted octanol–water partition coefficient (Wildman–Crippen LogP) is 2.64. The van der Waals surface area contributed by atoms with Crippen molar-refractivity contribution in [2.24, 2.45) is 5.73 Å². The van der Waals surface area contributed by atoms with E-state index in [-0.39, 0.29) is 28.6 Å². The number of anilines is 2. The summed E-state index contributed by atoms with van der Waals surface area (Å²) in [6.07, 6.45) is 0.709. The molecule has 1 aliphatic rings. The number of amides is 1. The third-order valence-electron chi connectivity index (χ3n) is 5.28. The monoisotopic (exact) mass is 433 g/mol. The smallest absolute Gasteiger partial charge is 0.304 e. The lowest BCUT2D eigenvalue weighted by Crippen LogP contribution is -2.12. The van der Waals surface area contributed by atoms with Gasteiger partial charge in [-0.2, -0.15) is 9.97 Å². The van der Waals surface area contributed by atoms with Crippen molar-refractivity contribution in [3.8, 4) is 12.0 Å². The van der Waals surface area contributed by atoms with E-state index in [0.29, 0.717) is 18.8 Å². The lowest BCUT2D eigenvalue weighted by atomic mass is 10.1. The van der Waals surface area contributed by atoms with Crippen LogP contribution in [0.2, 0.25) is 0 Å². The van der Waals surface area contributed by atoms with Crippen molar-refractivity contribution in [3.05, 3.63) is 65.1 Å². The fourth-order valence-corrected chi connectivity index (χ4v) is 3.82. The molecule has 0 unspecified atom stereocenters. The Kier molecular flexibility index (Phi) is 4.81. The number of ether oxygens (including phenoxy) is 1. The topological polar surface area (TPSA) is 120 Å². The number of rotatable bonds is 6. The van der Waals surface area contributed by atoms with Crippen LogP contribution in [-0.4, -0.2) is 39.1 Å². The minimum absolute atomic E-state index is 0.0395. The SMILES string of the molecule is COc1nc2c(C(N)=O)cc(F)cc2n1-c1nc2c(c(NCc3ccccc3)n1)NCC2. The molecule has 4 aromatic rings. The van der Waals surface area contributed by atoms with E-state index in [4.69, 9.17) is 10.5 Å². The standard InChI is InChI=1S/C22H20FN7O2/c1-32-22-28-17-14(19(24)31)9-13(23)10-16(17)30(22)21-27-15-7-8-25-18(15)20(29-21)26-11-12-5-3-2-4-6-12/h2-6,9-10,25H,7-8,11H2,1H3,(H2,24,31)(H,26,27,29). The van der Waals surface area contributed by atoms with E-state index < -0.39 is 11.7 Å². The van der Waals surface area contributed by atoms with Gasteiger partial charge in [0.25, 0.3) is 5.91 Å². The Morgan fingerprint density at radius 3 is 2.81 bits per heavy atom. The zero-order valence-corrected chi connectivity index (χ0v) is 17.2. The molecular formula is C22H20FN7O2. The Morgan fingerprint density at radius 1 is 1.25 bits per heavy atom. The Bertz CT molecular complexity index is 1340. The number of fused-ring (bicyclic) bond motifs is 2. The second-order valence-electron chi connectivity index (χ2n) is 7.33. The van der Waals surface area contributed by atoms with Crippen molar-refractivity contribution in [2.45, 2.75) is 13.0 Å². The summed E-state index contributed by atoms with van der Waals surface area (Å²) < 4.78 is 21.2. The molecule has 9 nitrogen and oxygen atoms in total. The lowest BCUT2D eigenvalue weighted by molar-refractivity contribution is 0.100. The van der Waals surface area contributed by atoms with Crippen LogP contribution in [0, 0.1) is 5.82 Å². The zero-order chi connectivity index (χ0) is 22.2.